The predicted octanol–water partition coefficient (Wildman–Crippen LogP) is 14.6. The number of hydrogen-bond acceptors (Lipinski definition) is 0. The molecule has 0 nitrogen and oxygen atoms in total. The Morgan fingerprint density at radius 3 is 0.568 bits per heavy atom. The van der Waals surface area contributed by atoms with E-state index < -0.39 is 0 Å². The van der Waals surface area contributed by atoms with Crippen LogP contribution in [0, 0.1) is 0 Å². The van der Waals surface area contributed by atoms with Gasteiger partial charge in [-0.25, -0.2) is 0 Å². The fraction of sp³-hybridized carbons (Fsp3) is 1.00. The Morgan fingerprint density at radius 2 is 0.378 bits per heavy atom. The monoisotopic (exact) mass is 564 g/mol. The molecule has 0 aliphatic rings. The average molecular weight is 564 g/mol. The van der Waals surface area contributed by atoms with Crippen molar-refractivity contribution in [3.8, 4) is 0 Å². The van der Waals surface area contributed by atoms with Gasteiger partial charge in [-0.2, -0.15) is 0 Å². The summed E-state index contributed by atoms with van der Waals surface area (Å²) in [5, 5.41) is 4.85. The van der Waals surface area contributed by atoms with E-state index in [0.717, 1.165) is 0 Å². The van der Waals surface area contributed by atoms with Crippen LogP contribution in [-0.4, -0.2) is 0 Å². The van der Waals surface area contributed by atoms with Gasteiger partial charge in [0, 0.05) is 0 Å². The fourth-order valence-corrected chi connectivity index (χ4v) is 8.84. The molecule has 0 atom stereocenters. The van der Waals surface area contributed by atoms with Gasteiger partial charge < -0.3 is 0 Å². The molecule has 0 aromatic carbocycles. The van der Waals surface area contributed by atoms with Crippen LogP contribution in [0.15, 0.2) is 0 Å². The average Bonchev–Trinajstić information content (AvgIpc) is 2.91. The maximum atomic E-state index is 2.32. The van der Waals surface area contributed by atoms with E-state index in [0.29, 0.717) is 0 Å². The van der Waals surface area contributed by atoms with Gasteiger partial charge in [-0.3, -0.25) is 0 Å². The molecule has 37 heavy (non-hydrogen) atoms. The molecule has 0 unspecified atom stereocenters. The van der Waals surface area contributed by atoms with Crippen LogP contribution in [0.5, 0.6) is 0 Å². The molecule has 0 N–H and O–H groups in total. The quantitative estimate of drug-likeness (QED) is 0.0550. The third-order valence-electron chi connectivity index (χ3n) is 8.19. The first-order valence-electron chi connectivity index (χ1n) is 17.9. The molecule has 0 aromatic heterocycles. The van der Waals surface area contributed by atoms with Crippen LogP contribution in [0.3, 0.4) is 0 Å². The summed E-state index contributed by atoms with van der Waals surface area (Å²) in [6.07, 6.45) is 44.6. The van der Waals surface area contributed by atoms with Gasteiger partial charge in [0.25, 0.3) is 0 Å². The zero-order valence-electron chi connectivity index (χ0n) is 26.7. The Morgan fingerprint density at radius 1 is 0.216 bits per heavy atom. The first-order valence-corrected chi connectivity index (χ1v) is 20.2. The Labute approximate surface area is 242 Å². The van der Waals surface area contributed by atoms with Crippen molar-refractivity contribution in [2.75, 3.05) is 0 Å². The van der Waals surface area contributed by atoms with Crippen molar-refractivity contribution in [1.29, 1.82) is 0 Å². The molecule has 0 saturated heterocycles. The van der Waals surface area contributed by atoms with Crippen molar-refractivity contribution in [3.63, 3.8) is 0 Å². The Hall–Kier alpha value is 0.519. The summed E-state index contributed by atoms with van der Waals surface area (Å²) >= 11 is 0.135. The van der Waals surface area contributed by atoms with Crippen molar-refractivity contribution < 1.29 is 13.9 Å². The van der Waals surface area contributed by atoms with Crippen molar-refractivity contribution in [2.24, 2.45) is 0 Å². The van der Waals surface area contributed by atoms with Gasteiger partial charge in [0.15, 0.2) is 0 Å². The summed E-state index contributed by atoms with van der Waals surface area (Å²) in [5.74, 6) is 0. The standard InChI is InChI=1S/3C12H25.Fe/c3*1-3-5-7-9-11-12-10-8-6-4-2;/h3*1,3-12H2,2H3;. The molecule has 0 fully saturated rings. The van der Waals surface area contributed by atoms with Crippen molar-refractivity contribution in [1.82, 2.24) is 0 Å². The molecule has 0 rings (SSSR count). The molecule has 0 spiro atoms. The minimum absolute atomic E-state index is 0.135. The first-order chi connectivity index (χ1) is 18.3. The normalized spacial score (nSPS) is 11.9. The second-order valence-corrected chi connectivity index (χ2v) is 15.4. The molecule has 1 heteroatoms. The van der Waals surface area contributed by atoms with Gasteiger partial charge in [-0.1, -0.05) is 0 Å². The molecule has 0 heterocycles. The summed E-state index contributed by atoms with van der Waals surface area (Å²) in [6.45, 7) is 6.96. The van der Waals surface area contributed by atoms with Gasteiger partial charge in [0.2, 0.25) is 0 Å². The Kier molecular flexibility index (Phi) is 35.0. The molecule has 0 aliphatic heterocycles. The number of rotatable bonds is 33. The summed E-state index contributed by atoms with van der Waals surface area (Å²) in [5.41, 5.74) is 0. The molecule has 0 saturated carbocycles. The summed E-state index contributed by atoms with van der Waals surface area (Å²) in [4.78, 5) is 0. The minimum atomic E-state index is 0.135. The first kappa shape index (κ1) is 37.5. The Bertz CT molecular complexity index is 322. The van der Waals surface area contributed by atoms with E-state index in [1.165, 1.54) is 173 Å². The van der Waals surface area contributed by atoms with Gasteiger partial charge in [-0.05, 0) is 0 Å². The summed E-state index contributed by atoms with van der Waals surface area (Å²) in [6, 6.07) is 0. The molecule has 0 aliphatic carbocycles. The van der Waals surface area contributed by atoms with Crippen LogP contribution in [-0.2, 0) is 13.9 Å². The van der Waals surface area contributed by atoms with Crippen molar-refractivity contribution >= 4 is 0 Å². The zero-order valence-corrected chi connectivity index (χ0v) is 27.8. The molecule has 0 aromatic rings. The molecular formula is C36H75Fe. The SMILES string of the molecule is CCCCCCCCCCC[CH2][Fe]([CH2]CCCCCCCCCCC)[CH2]CCCCCCCCCCC. The van der Waals surface area contributed by atoms with Gasteiger partial charge >= 0.3 is 243 Å². The third-order valence-corrected chi connectivity index (χ3v) is 11.7. The molecule has 0 radical (unpaired) electrons. The van der Waals surface area contributed by atoms with E-state index in [1.807, 2.05) is 0 Å². The fourth-order valence-electron chi connectivity index (χ4n) is 5.52. The summed E-state index contributed by atoms with van der Waals surface area (Å²) < 4.78 is 0. The van der Waals surface area contributed by atoms with Crippen LogP contribution in [0.25, 0.3) is 0 Å². The van der Waals surface area contributed by atoms with Crippen LogP contribution in [0.4, 0.5) is 0 Å². The number of hydrogen-bond donors (Lipinski definition) is 0. The van der Waals surface area contributed by atoms with E-state index in [1.54, 1.807) is 35.2 Å². The van der Waals surface area contributed by atoms with E-state index in [9.17, 15) is 0 Å². The zero-order chi connectivity index (χ0) is 26.9. The predicted molar refractivity (Wildman–Crippen MR) is 170 cm³/mol. The molecule has 227 valence electrons. The van der Waals surface area contributed by atoms with Gasteiger partial charge in [-0.15, -0.1) is 0 Å². The van der Waals surface area contributed by atoms with Crippen LogP contribution in [0.2, 0.25) is 16.0 Å². The van der Waals surface area contributed by atoms with Crippen LogP contribution < -0.4 is 0 Å². The van der Waals surface area contributed by atoms with Crippen molar-refractivity contribution in [2.45, 2.75) is 229 Å². The second-order valence-electron chi connectivity index (χ2n) is 12.1. The maximum absolute atomic E-state index is 2.32. The van der Waals surface area contributed by atoms with E-state index in [-0.39, 0.29) is 13.9 Å². The van der Waals surface area contributed by atoms with E-state index in [4.69, 9.17) is 0 Å². The van der Waals surface area contributed by atoms with Crippen LogP contribution >= 0.6 is 0 Å². The molecule has 0 amide bonds. The van der Waals surface area contributed by atoms with Gasteiger partial charge in [0.05, 0.1) is 0 Å². The molecular weight excluding hydrogens is 488 g/mol. The van der Waals surface area contributed by atoms with Gasteiger partial charge in [0.1, 0.15) is 0 Å². The second kappa shape index (κ2) is 34.5. The van der Waals surface area contributed by atoms with E-state index >= 15 is 0 Å². The van der Waals surface area contributed by atoms with E-state index in [2.05, 4.69) is 20.8 Å². The Balaban J connectivity index is 3.87. The van der Waals surface area contributed by atoms with Crippen molar-refractivity contribution in [3.05, 3.63) is 0 Å². The topological polar surface area (TPSA) is 0 Å². The third kappa shape index (κ3) is 32.6. The molecule has 0 bridgehead atoms. The van der Waals surface area contributed by atoms with Crippen LogP contribution in [0.1, 0.15) is 213 Å². The number of unbranched alkanes of at least 4 members (excludes halogenated alkanes) is 27. The summed E-state index contributed by atoms with van der Waals surface area (Å²) in [7, 11) is 0.